The monoisotopic (exact) mass is 429 g/mol. The van der Waals surface area contributed by atoms with Crippen molar-refractivity contribution in [2.24, 2.45) is 14.1 Å². The average Bonchev–Trinajstić information content (AvgIpc) is 2.81. The molecule has 1 N–H and O–H groups in total. The smallest absolute Gasteiger partial charge is 0.332 e. The molecule has 1 unspecified atom stereocenters. The van der Waals surface area contributed by atoms with Crippen LogP contribution in [-0.4, -0.2) is 14.9 Å². The van der Waals surface area contributed by atoms with Crippen LogP contribution in [0.1, 0.15) is 36.3 Å². The minimum absolute atomic E-state index is 0.0275. The Balaban J connectivity index is 1.71. The number of ether oxygens (including phenoxy) is 1. The zero-order chi connectivity index (χ0) is 22.4. The summed E-state index contributed by atoms with van der Waals surface area (Å²) in [6, 6.07) is 16.9. The Kier molecular flexibility index (Phi) is 4.81. The maximum Gasteiger partial charge on any atom is 0.332 e. The standard InChI is InChI=1S/C25H23N3O4/c1-27-23-22(24(30)28(2)25(27)31)20(21-18(26-23)12-7-13-19(21)29)15-8-6-11-17(14-15)32-16-9-4-3-5-10-16/h3-6,8-11,14,20,26H,7,12-13H2,1-2H3. The topological polar surface area (TPSA) is 82.3 Å². The number of Topliss-reactive ketones (excluding diaryl/α,β-unsaturated/α-hetero) is 1. The van der Waals surface area contributed by atoms with Gasteiger partial charge in [0.2, 0.25) is 0 Å². The van der Waals surface area contributed by atoms with Crippen LogP contribution in [0.4, 0.5) is 5.82 Å². The second-order valence-corrected chi connectivity index (χ2v) is 8.18. The number of aromatic nitrogens is 2. The lowest BCUT2D eigenvalue weighted by Gasteiger charge is -2.34. The lowest BCUT2D eigenvalue weighted by Crippen LogP contribution is -2.44. The first-order valence-corrected chi connectivity index (χ1v) is 10.6. The van der Waals surface area contributed by atoms with E-state index in [9.17, 15) is 14.4 Å². The summed E-state index contributed by atoms with van der Waals surface area (Å²) >= 11 is 0. The zero-order valence-electron chi connectivity index (χ0n) is 17.9. The third kappa shape index (κ3) is 3.17. The van der Waals surface area contributed by atoms with Crippen LogP contribution >= 0.6 is 0 Å². The molecule has 162 valence electrons. The highest BCUT2D eigenvalue weighted by molar-refractivity contribution is 6.00. The Morgan fingerprint density at radius 3 is 2.44 bits per heavy atom. The number of ketones is 1. The highest BCUT2D eigenvalue weighted by Crippen LogP contribution is 2.44. The maximum absolute atomic E-state index is 13.3. The molecule has 1 atom stereocenters. The molecule has 5 rings (SSSR count). The first kappa shape index (κ1) is 20.1. The van der Waals surface area contributed by atoms with Crippen molar-refractivity contribution in [2.75, 3.05) is 5.32 Å². The number of hydrogen-bond acceptors (Lipinski definition) is 5. The highest BCUT2D eigenvalue weighted by Gasteiger charge is 2.38. The summed E-state index contributed by atoms with van der Waals surface area (Å²) in [7, 11) is 3.10. The van der Waals surface area contributed by atoms with Gasteiger partial charge < -0.3 is 10.1 Å². The summed E-state index contributed by atoms with van der Waals surface area (Å²) < 4.78 is 8.54. The largest absolute Gasteiger partial charge is 0.457 e. The summed E-state index contributed by atoms with van der Waals surface area (Å²) in [4.78, 5) is 38.9. The van der Waals surface area contributed by atoms with Gasteiger partial charge >= 0.3 is 5.69 Å². The number of benzene rings is 2. The van der Waals surface area contributed by atoms with Crippen LogP contribution in [0.2, 0.25) is 0 Å². The molecular weight excluding hydrogens is 406 g/mol. The van der Waals surface area contributed by atoms with Crippen LogP contribution in [0, 0.1) is 0 Å². The lowest BCUT2D eigenvalue weighted by molar-refractivity contribution is -0.116. The molecular formula is C25H23N3O4. The van der Waals surface area contributed by atoms with Crippen molar-refractivity contribution in [1.82, 2.24) is 9.13 Å². The molecule has 1 aliphatic heterocycles. The molecule has 7 nitrogen and oxygen atoms in total. The first-order chi connectivity index (χ1) is 15.5. The summed E-state index contributed by atoms with van der Waals surface area (Å²) in [5.74, 6) is 1.22. The molecule has 7 heteroatoms. The molecule has 3 aromatic rings. The molecule has 0 spiro atoms. The molecule has 32 heavy (non-hydrogen) atoms. The fraction of sp³-hybridized carbons (Fsp3) is 0.240. The van der Waals surface area contributed by atoms with E-state index >= 15 is 0 Å². The highest BCUT2D eigenvalue weighted by atomic mass is 16.5. The van der Waals surface area contributed by atoms with E-state index < -0.39 is 17.2 Å². The van der Waals surface area contributed by atoms with E-state index in [2.05, 4.69) is 5.32 Å². The van der Waals surface area contributed by atoms with Gasteiger partial charge in [0.15, 0.2) is 5.78 Å². The van der Waals surface area contributed by atoms with Crippen LogP contribution in [-0.2, 0) is 18.9 Å². The van der Waals surface area contributed by atoms with Crippen LogP contribution in [0.3, 0.4) is 0 Å². The van der Waals surface area contributed by atoms with Gasteiger partial charge in [-0.2, -0.15) is 0 Å². The number of hydrogen-bond donors (Lipinski definition) is 1. The number of nitrogens with zero attached hydrogens (tertiary/aromatic N) is 2. The van der Waals surface area contributed by atoms with Crippen LogP contribution in [0.15, 0.2) is 75.5 Å². The number of fused-ring (bicyclic) bond motifs is 1. The van der Waals surface area contributed by atoms with E-state index in [-0.39, 0.29) is 5.78 Å². The number of allylic oxidation sites excluding steroid dienone is 2. The molecule has 1 aliphatic carbocycles. The molecule has 0 bridgehead atoms. The van der Waals surface area contributed by atoms with Gasteiger partial charge in [-0.3, -0.25) is 18.7 Å². The van der Waals surface area contributed by atoms with Crippen molar-refractivity contribution in [3.8, 4) is 11.5 Å². The minimum atomic E-state index is -0.570. The van der Waals surface area contributed by atoms with Crippen molar-refractivity contribution in [2.45, 2.75) is 25.2 Å². The average molecular weight is 429 g/mol. The second-order valence-electron chi connectivity index (χ2n) is 8.18. The summed E-state index contributed by atoms with van der Waals surface area (Å²) in [5.41, 5.74) is 1.76. The third-order valence-electron chi connectivity index (χ3n) is 6.17. The summed E-state index contributed by atoms with van der Waals surface area (Å²) in [6.45, 7) is 0. The van der Waals surface area contributed by atoms with E-state index in [1.807, 2.05) is 54.6 Å². The van der Waals surface area contributed by atoms with Crippen molar-refractivity contribution in [1.29, 1.82) is 0 Å². The molecule has 1 aromatic heterocycles. The number of nitrogens with one attached hydrogen (secondary N) is 1. The second kappa shape index (κ2) is 7.67. The van der Waals surface area contributed by atoms with Crippen LogP contribution < -0.4 is 21.3 Å². The number of carbonyl (C=O) groups is 1. The lowest BCUT2D eigenvalue weighted by atomic mass is 9.76. The van der Waals surface area contributed by atoms with Crippen LogP contribution in [0.25, 0.3) is 0 Å². The van der Waals surface area contributed by atoms with Gasteiger partial charge in [-0.15, -0.1) is 0 Å². The summed E-state index contributed by atoms with van der Waals surface area (Å²) in [5, 5.41) is 3.24. The molecule has 0 saturated heterocycles. The normalized spacial score (nSPS) is 17.4. The molecule has 0 saturated carbocycles. The quantitative estimate of drug-likeness (QED) is 0.690. The van der Waals surface area contributed by atoms with Crippen molar-refractivity contribution in [3.05, 3.63) is 97.8 Å². The number of para-hydroxylation sites is 1. The van der Waals surface area contributed by atoms with Gasteiger partial charge in [-0.1, -0.05) is 30.3 Å². The fourth-order valence-electron chi connectivity index (χ4n) is 4.61. The van der Waals surface area contributed by atoms with E-state index in [1.165, 1.54) is 11.6 Å². The molecule has 0 radical (unpaired) electrons. The maximum atomic E-state index is 13.3. The Morgan fingerprint density at radius 1 is 0.906 bits per heavy atom. The SMILES string of the molecule is Cn1c2c(c(=O)n(C)c1=O)C(c1cccc(Oc3ccccc3)c1)C1=C(CCCC1=O)N2. The minimum Gasteiger partial charge on any atom is -0.457 e. The number of carbonyl (C=O) groups excluding carboxylic acids is 1. The van der Waals surface area contributed by atoms with Crippen LogP contribution in [0.5, 0.6) is 11.5 Å². The van der Waals surface area contributed by atoms with E-state index in [0.717, 1.165) is 22.2 Å². The predicted molar refractivity (Wildman–Crippen MR) is 121 cm³/mol. The van der Waals surface area contributed by atoms with E-state index in [1.54, 1.807) is 7.05 Å². The molecule has 2 aromatic carbocycles. The van der Waals surface area contributed by atoms with E-state index in [4.69, 9.17) is 4.74 Å². The van der Waals surface area contributed by atoms with Crippen molar-refractivity contribution in [3.63, 3.8) is 0 Å². The van der Waals surface area contributed by atoms with Gasteiger partial charge in [0.1, 0.15) is 17.3 Å². The number of anilines is 1. The van der Waals surface area contributed by atoms with Crippen molar-refractivity contribution < 1.29 is 9.53 Å². The van der Waals surface area contributed by atoms with Gasteiger partial charge in [0.05, 0.1) is 5.56 Å². The van der Waals surface area contributed by atoms with Gasteiger partial charge in [0.25, 0.3) is 5.56 Å². The molecule has 2 heterocycles. The molecule has 2 aliphatic rings. The zero-order valence-corrected chi connectivity index (χ0v) is 17.9. The Labute approximate surface area is 184 Å². The Morgan fingerprint density at radius 2 is 1.66 bits per heavy atom. The predicted octanol–water partition coefficient (Wildman–Crippen LogP) is 3.44. The Hall–Kier alpha value is -3.87. The number of rotatable bonds is 3. The fourth-order valence-corrected chi connectivity index (χ4v) is 4.61. The molecule has 0 amide bonds. The summed E-state index contributed by atoms with van der Waals surface area (Å²) in [6.07, 6.45) is 1.88. The first-order valence-electron chi connectivity index (χ1n) is 10.6. The van der Waals surface area contributed by atoms with Gasteiger partial charge in [-0.05, 0) is 42.7 Å². The van der Waals surface area contributed by atoms with Gasteiger partial charge in [-0.25, -0.2) is 4.79 Å². The third-order valence-corrected chi connectivity index (χ3v) is 6.17. The van der Waals surface area contributed by atoms with E-state index in [0.29, 0.717) is 41.3 Å². The van der Waals surface area contributed by atoms with Gasteiger partial charge in [0, 0.05) is 37.7 Å². The Bertz CT molecular complexity index is 1380. The molecule has 0 fully saturated rings. The van der Waals surface area contributed by atoms with Crippen molar-refractivity contribution >= 4 is 11.6 Å².